The number of carbonyl (C=O) groups is 1. The number of Topliss-reactive ketones (excluding diaryl/α,β-unsaturated/α-hetero) is 1. The lowest BCUT2D eigenvalue weighted by molar-refractivity contribution is -0.116. The van der Waals surface area contributed by atoms with Crippen LogP contribution in [0.1, 0.15) is 19.3 Å². The first-order chi connectivity index (χ1) is 4.75. The van der Waals surface area contributed by atoms with Gasteiger partial charge in [0.05, 0.1) is 0 Å². The van der Waals surface area contributed by atoms with Gasteiger partial charge in [-0.1, -0.05) is 12.7 Å². The Labute approximate surface area is 61.4 Å². The summed E-state index contributed by atoms with van der Waals surface area (Å²) in [6.07, 6.45) is 4.55. The van der Waals surface area contributed by atoms with Gasteiger partial charge in [-0.3, -0.25) is 4.79 Å². The molecule has 0 aromatic carbocycles. The fourth-order valence-electron chi connectivity index (χ4n) is 1.28. The Morgan fingerprint density at radius 2 is 2.30 bits per heavy atom. The molecule has 1 atom stereocenters. The highest BCUT2D eigenvalue weighted by Crippen LogP contribution is 2.25. The van der Waals surface area contributed by atoms with E-state index in [4.69, 9.17) is 0 Å². The van der Waals surface area contributed by atoms with E-state index < -0.39 is 0 Å². The van der Waals surface area contributed by atoms with Crippen molar-refractivity contribution in [2.45, 2.75) is 19.3 Å². The first-order valence-electron chi connectivity index (χ1n) is 3.60. The minimum absolute atomic E-state index is 0.219. The highest BCUT2D eigenvalue weighted by molar-refractivity contribution is 5.96. The summed E-state index contributed by atoms with van der Waals surface area (Å²) in [7, 11) is 0. The number of allylic oxidation sites excluding steroid dienone is 2. The van der Waals surface area contributed by atoms with Gasteiger partial charge in [0.1, 0.15) is 0 Å². The van der Waals surface area contributed by atoms with Crippen LogP contribution in [-0.4, -0.2) is 5.78 Å². The van der Waals surface area contributed by atoms with Gasteiger partial charge < -0.3 is 0 Å². The molecule has 0 heterocycles. The minimum Gasteiger partial charge on any atom is -0.295 e. The second-order valence-electron chi connectivity index (χ2n) is 2.68. The Bertz CT molecular complexity index is 179. The van der Waals surface area contributed by atoms with Crippen LogP contribution in [0.4, 0.5) is 0 Å². The van der Waals surface area contributed by atoms with Gasteiger partial charge in [0.2, 0.25) is 0 Å². The van der Waals surface area contributed by atoms with Crippen LogP contribution in [-0.2, 0) is 4.79 Å². The van der Waals surface area contributed by atoms with Crippen LogP contribution in [0.3, 0.4) is 0 Å². The second-order valence-corrected chi connectivity index (χ2v) is 2.68. The lowest BCUT2D eigenvalue weighted by Crippen LogP contribution is -2.16. The Balaban J connectivity index is 2.68. The number of ketones is 1. The quantitative estimate of drug-likeness (QED) is 0.398. The molecular formula is C9H12O. The zero-order valence-electron chi connectivity index (χ0n) is 6.10. The molecule has 0 amide bonds. The molecule has 1 aliphatic rings. The lowest BCUT2D eigenvalue weighted by atomic mass is 9.84. The summed E-state index contributed by atoms with van der Waals surface area (Å²) >= 11 is 0. The smallest absolute Gasteiger partial charge is 0.158 e. The van der Waals surface area contributed by atoms with E-state index in [0.717, 1.165) is 18.4 Å². The van der Waals surface area contributed by atoms with Crippen molar-refractivity contribution in [3.63, 3.8) is 0 Å². The SMILES string of the molecule is C=C[C@H]1CCCC(=O)C1=C. The Morgan fingerprint density at radius 1 is 1.60 bits per heavy atom. The van der Waals surface area contributed by atoms with Crippen LogP contribution in [0.15, 0.2) is 24.8 Å². The zero-order valence-corrected chi connectivity index (χ0v) is 6.10. The number of hydrogen-bond donors (Lipinski definition) is 0. The molecule has 0 spiro atoms. The first-order valence-corrected chi connectivity index (χ1v) is 3.60. The van der Waals surface area contributed by atoms with Crippen molar-refractivity contribution < 1.29 is 4.79 Å². The molecule has 1 saturated carbocycles. The third kappa shape index (κ3) is 1.18. The average molecular weight is 136 g/mol. The van der Waals surface area contributed by atoms with Gasteiger partial charge in [-0.2, -0.15) is 0 Å². The van der Waals surface area contributed by atoms with Gasteiger partial charge in [-0.15, -0.1) is 6.58 Å². The Hall–Kier alpha value is -0.850. The summed E-state index contributed by atoms with van der Waals surface area (Å²) in [6.45, 7) is 7.38. The maximum absolute atomic E-state index is 11.0. The zero-order chi connectivity index (χ0) is 7.56. The summed E-state index contributed by atoms with van der Waals surface area (Å²) in [5.41, 5.74) is 0.751. The topological polar surface area (TPSA) is 17.1 Å². The van der Waals surface area contributed by atoms with Crippen molar-refractivity contribution in [3.8, 4) is 0 Å². The molecule has 1 fully saturated rings. The number of carbonyl (C=O) groups excluding carboxylic acids is 1. The number of rotatable bonds is 1. The van der Waals surface area contributed by atoms with Crippen LogP contribution >= 0.6 is 0 Å². The minimum atomic E-state index is 0.219. The molecule has 1 nitrogen and oxygen atoms in total. The lowest BCUT2D eigenvalue weighted by Gasteiger charge is -2.19. The van der Waals surface area contributed by atoms with Crippen molar-refractivity contribution in [2.24, 2.45) is 5.92 Å². The van der Waals surface area contributed by atoms with E-state index in [-0.39, 0.29) is 11.7 Å². The first kappa shape index (κ1) is 7.26. The molecule has 0 saturated heterocycles. The molecular weight excluding hydrogens is 124 g/mol. The van der Waals surface area contributed by atoms with Crippen molar-refractivity contribution >= 4 is 5.78 Å². The standard InChI is InChI=1S/C9H12O/c1-3-8-5-4-6-9(10)7(8)2/h3,8H,1-2,4-6H2/t8-/m0/s1. The monoisotopic (exact) mass is 136 g/mol. The third-order valence-corrected chi connectivity index (χ3v) is 2.01. The molecule has 0 N–H and O–H groups in total. The van der Waals surface area contributed by atoms with Crippen molar-refractivity contribution in [1.82, 2.24) is 0 Å². The van der Waals surface area contributed by atoms with E-state index in [0.29, 0.717) is 6.42 Å². The predicted octanol–water partition coefficient (Wildman–Crippen LogP) is 2.10. The molecule has 1 rings (SSSR count). The largest absolute Gasteiger partial charge is 0.295 e. The van der Waals surface area contributed by atoms with Crippen molar-refractivity contribution in [3.05, 3.63) is 24.8 Å². The fraction of sp³-hybridized carbons (Fsp3) is 0.444. The molecule has 54 valence electrons. The van der Waals surface area contributed by atoms with E-state index in [9.17, 15) is 4.79 Å². The van der Waals surface area contributed by atoms with Crippen LogP contribution in [0.5, 0.6) is 0 Å². The summed E-state index contributed by atoms with van der Waals surface area (Å²) in [6, 6.07) is 0. The molecule has 0 aromatic rings. The number of hydrogen-bond acceptors (Lipinski definition) is 1. The molecule has 1 aliphatic carbocycles. The van der Waals surface area contributed by atoms with Crippen molar-refractivity contribution in [1.29, 1.82) is 0 Å². The van der Waals surface area contributed by atoms with Gasteiger partial charge in [0, 0.05) is 12.3 Å². The van der Waals surface area contributed by atoms with Gasteiger partial charge in [0.25, 0.3) is 0 Å². The summed E-state index contributed by atoms with van der Waals surface area (Å²) in [4.78, 5) is 11.0. The van der Waals surface area contributed by atoms with Gasteiger partial charge >= 0.3 is 0 Å². The van der Waals surface area contributed by atoms with E-state index in [1.165, 1.54) is 0 Å². The van der Waals surface area contributed by atoms with E-state index in [2.05, 4.69) is 13.2 Å². The van der Waals surface area contributed by atoms with E-state index in [1.54, 1.807) is 0 Å². The molecule has 0 bridgehead atoms. The highest BCUT2D eigenvalue weighted by atomic mass is 16.1. The van der Waals surface area contributed by atoms with Crippen LogP contribution in [0.25, 0.3) is 0 Å². The molecule has 0 aliphatic heterocycles. The fourth-order valence-corrected chi connectivity index (χ4v) is 1.28. The van der Waals surface area contributed by atoms with Gasteiger partial charge in [-0.25, -0.2) is 0 Å². The van der Waals surface area contributed by atoms with E-state index >= 15 is 0 Å². The van der Waals surface area contributed by atoms with Gasteiger partial charge in [-0.05, 0) is 18.4 Å². The molecule has 0 aromatic heterocycles. The summed E-state index contributed by atoms with van der Waals surface area (Å²) < 4.78 is 0. The highest BCUT2D eigenvalue weighted by Gasteiger charge is 2.20. The molecule has 1 heteroatoms. The van der Waals surface area contributed by atoms with Gasteiger partial charge in [0.15, 0.2) is 5.78 Å². The Morgan fingerprint density at radius 3 is 2.80 bits per heavy atom. The summed E-state index contributed by atoms with van der Waals surface area (Å²) in [5, 5.41) is 0. The van der Waals surface area contributed by atoms with Crippen LogP contribution in [0, 0.1) is 5.92 Å². The van der Waals surface area contributed by atoms with Crippen LogP contribution < -0.4 is 0 Å². The molecule has 0 unspecified atom stereocenters. The normalized spacial score (nSPS) is 26.6. The Kier molecular flexibility index (Phi) is 2.05. The summed E-state index contributed by atoms with van der Waals surface area (Å²) in [5.74, 6) is 0.470. The second kappa shape index (κ2) is 2.82. The van der Waals surface area contributed by atoms with Crippen molar-refractivity contribution in [2.75, 3.05) is 0 Å². The maximum atomic E-state index is 11.0. The maximum Gasteiger partial charge on any atom is 0.158 e. The average Bonchev–Trinajstić information content (AvgIpc) is 1.95. The third-order valence-electron chi connectivity index (χ3n) is 2.01. The molecule has 10 heavy (non-hydrogen) atoms. The van der Waals surface area contributed by atoms with E-state index in [1.807, 2.05) is 6.08 Å². The van der Waals surface area contributed by atoms with Crippen LogP contribution in [0.2, 0.25) is 0 Å². The molecule has 0 radical (unpaired) electrons. The predicted molar refractivity (Wildman–Crippen MR) is 41.7 cm³/mol.